The van der Waals surface area contributed by atoms with Crippen molar-refractivity contribution in [2.24, 2.45) is 0 Å². The Morgan fingerprint density at radius 2 is 2.43 bits per heavy atom. The minimum absolute atomic E-state index is 0.0108. The molecule has 1 aliphatic rings. The number of aromatic nitrogens is 2. The lowest BCUT2D eigenvalue weighted by atomic mass is 10.3. The maximum atomic E-state index is 11.6. The summed E-state index contributed by atoms with van der Waals surface area (Å²) in [5, 5.41) is 3.20. The normalized spacial score (nSPS) is 22.7. The first kappa shape index (κ1) is 9.63. The summed E-state index contributed by atoms with van der Waals surface area (Å²) in [4.78, 5) is 6.24. The average molecular weight is 216 g/mol. The molecule has 0 spiro atoms. The molecule has 0 aliphatic carbocycles. The molecule has 1 aromatic rings. The minimum Gasteiger partial charge on any atom is -0.335 e. The molecular weight excluding hydrogens is 204 g/mol. The van der Waals surface area contributed by atoms with Crippen molar-refractivity contribution in [2.75, 3.05) is 13.1 Å². The van der Waals surface area contributed by atoms with Crippen molar-refractivity contribution in [3.05, 3.63) is 12.5 Å². The minimum atomic E-state index is -3.41. The van der Waals surface area contributed by atoms with Gasteiger partial charge in [-0.05, 0) is 13.0 Å². The molecule has 0 aromatic carbocycles. The Bertz CT molecular complexity index is 380. The monoisotopic (exact) mass is 216 g/mol. The highest BCUT2D eigenvalue weighted by atomic mass is 32.2. The van der Waals surface area contributed by atoms with Gasteiger partial charge in [0.2, 0.25) is 0 Å². The molecule has 6 nitrogen and oxygen atoms in total. The lowest BCUT2D eigenvalue weighted by Gasteiger charge is -2.09. The van der Waals surface area contributed by atoms with Gasteiger partial charge in [-0.25, -0.2) is 18.1 Å². The third kappa shape index (κ3) is 1.94. The van der Waals surface area contributed by atoms with Gasteiger partial charge >= 0.3 is 0 Å². The summed E-state index contributed by atoms with van der Waals surface area (Å²) in [5.74, 6) is 0. The summed E-state index contributed by atoms with van der Waals surface area (Å²) in [6.07, 6.45) is 3.47. The van der Waals surface area contributed by atoms with Crippen LogP contribution in [0.5, 0.6) is 0 Å². The zero-order valence-electron chi connectivity index (χ0n) is 7.53. The smallest absolute Gasteiger partial charge is 0.257 e. The van der Waals surface area contributed by atoms with Crippen LogP contribution in [0.25, 0.3) is 0 Å². The fraction of sp³-hybridized carbons (Fsp3) is 0.571. The molecule has 78 valence electrons. The highest BCUT2D eigenvalue weighted by Gasteiger charge is 2.23. The van der Waals surface area contributed by atoms with Crippen LogP contribution in [0.15, 0.2) is 17.6 Å². The number of rotatable bonds is 3. The lowest BCUT2D eigenvalue weighted by Crippen LogP contribution is -2.36. The molecule has 1 fully saturated rings. The number of aromatic amines is 1. The first-order valence-electron chi connectivity index (χ1n) is 4.40. The first-order valence-corrected chi connectivity index (χ1v) is 5.88. The molecule has 0 amide bonds. The Labute approximate surface area is 82.2 Å². The Kier molecular flexibility index (Phi) is 2.53. The number of hydrogen-bond donors (Lipinski definition) is 3. The van der Waals surface area contributed by atoms with E-state index in [1.54, 1.807) is 0 Å². The summed E-state index contributed by atoms with van der Waals surface area (Å²) in [7, 11) is -3.41. The molecule has 1 aliphatic heterocycles. The Hall–Kier alpha value is -0.920. The Morgan fingerprint density at radius 3 is 3.00 bits per heavy atom. The van der Waals surface area contributed by atoms with Gasteiger partial charge in [-0.15, -0.1) is 0 Å². The van der Waals surface area contributed by atoms with Crippen LogP contribution in [0.2, 0.25) is 0 Å². The Morgan fingerprint density at radius 1 is 1.57 bits per heavy atom. The lowest BCUT2D eigenvalue weighted by molar-refractivity contribution is 0.557. The van der Waals surface area contributed by atoms with Gasteiger partial charge in [0, 0.05) is 12.6 Å². The molecule has 2 rings (SSSR count). The maximum absolute atomic E-state index is 11.6. The van der Waals surface area contributed by atoms with Gasteiger partial charge in [-0.1, -0.05) is 0 Å². The van der Waals surface area contributed by atoms with E-state index in [0.717, 1.165) is 13.0 Å². The average Bonchev–Trinajstić information content (AvgIpc) is 2.71. The van der Waals surface area contributed by atoms with Crippen molar-refractivity contribution >= 4 is 10.0 Å². The largest absolute Gasteiger partial charge is 0.335 e. The van der Waals surface area contributed by atoms with E-state index in [-0.39, 0.29) is 11.1 Å². The Balaban J connectivity index is 2.09. The van der Waals surface area contributed by atoms with Crippen LogP contribution >= 0.6 is 0 Å². The number of nitrogens with zero attached hydrogens (tertiary/aromatic N) is 1. The van der Waals surface area contributed by atoms with Gasteiger partial charge in [-0.2, -0.15) is 0 Å². The third-order valence-corrected chi connectivity index (χ3v) is 3.59. The van der Waals surface area contributed by atoms with Crippen LogP contribution in [0.4, 0.5) is 0 Å². The fourth-order valence-corrected chi connectivity index (χ4v) is 2.60. The first-order chi connectivity index (χ1) is 6.68. The van der Waals surface area contributed by atoms with Crippen molar-refractivity contribution in [2.45, 2.75) is 17.5 Å². The van der Waals surface area contributed by atoms with Crippen molar-refractivity contribution in [3.63, 3.8) is 0 Å². The highest BCUT2D eigenvalue weighted by molar-refractivity contribution is 7.89. The summed E-state index contributed by atoms with van der Waals surface area (Å²) in [6.45, 7) is 1.55. The van der Waals surface area contributed by atoms with E-state index < -0.39 is 10.0 Å². The van der Waals surface area contributed by atoms with E-state index in [1.807, 2.05) is 0 Å². The number of hydrogen-bond acceptors (Lipinski definition) is 4. The highest BCUT2D eigenvalue weighted by Crippen LogP contribution is 2.06. The zero-order valence-corrected chi connectivity index (χ0v) is 8.34. The molecule has 0 radical (unpaired) electrons. The van der Waals surface area contributed by atoms with E-state index in [1.165, 1.54) is 12.5 Å². The summed E-state index contributed by atoms with van der Waals surface area (Å²) in [6, 6.07) is -0.0108. The van der Waals surface area contributed by atoms with E-state index in [4.69, 9.17) is 0 Å². The predicted octanol–water partition coefficient (Wildman–Crippen LogP) is -0.950. The standard InChI is InChI=1S/C7H12N4O2S/c12-14(13,7-4-9-5-10-7)11-6-1-2-8-3-6/h4-6,8,11H,1-3H2,(H,9,10)/t6-/m1/s1. The van der Waals surface area contributed by atoms with Crippen molar-refractivity contribution < 1.29 is 8.42 Å². The predicted molar refractivity (Wildman–Crippen MR) is 50.2 cm³/mol. The summed E-state index contributed by atoms with van der Waals surface area (Å²) >= 11 is 0. The molecular formula is C7H12N4O2S. The molecule has 0 unspecified atom stereocenters. The molecule has 0 bridgehead atoms. The van der Waals surface area contributed by atoms with E-state index >= 15 is 0 Å². The number of nitrogens with one attached hydrogen (secondary N) is 3. The van der Waals surface area contributed by atoms with E-state index in [0.29, 0.717) is 6.54 Å². The molecule has 1 saturated heterocycles. The van der Waals surface area contributed by atoms with Gasteiger partial charge in [0.25, 0.3) is 10.0 Å². The van der Waals surface area contributed by atoms with Crippen molar-refractivity contribution in [1.29, 1.82) is 0 Å². The topological polar surface area (TPSA) is 86.9 Å². The fourth-order valence-electron chi connectivity index (χ4n) is 1.43. The number of imidazole rings is 1. The second-order valence-electron chi connectivity index (χ2n) is 3.23. The third-order valence-electron chi connectivity index (χ3n) is 2.14. The van der Waals surface area contributed by atoms with E-state index in [9.17, 15) is 8.42 Å². The summed E-state index contributed by atoms with van der Waals surface area (Å²) < 4.78 is 25.9. The molecule has 1 aromatic heterocycles. The second kappa shape index (κ2) is 3.68. The van der Waals surface area contributed by atoms with Crippen LogP contribution in [0, 0.1) is 0 Å². The van der Waals surface area contributed by atoms with Gasteiger partial charge in [0.05, 0.1) is 12.5 Å². The van der Waals surface area contributed by atoms with Gasteiger partial charge in [0.15, 0.2) is 5.03 Å². The molecule has 14 heavy (non-hydrogen) atoms. The number of H-pyrrole nitrogens is 1. The van der Waals surface area contributed by atoms with Gasteiger partial charge < -0.3 is 10.3 Å². The summed E-state index contributed by atoms with van der Waals surface area (Å²) in [5.41, 5.74) is 0. The molecule has 3 N–H and O–H groups in total. The molecule has 7 heteroatoms. The maximum Gasteiger partial charge on any atom is 0.257 e. The quantitative estimate of drug-likeness (QED) is 0.608. The molecule has 0 saturated carbocycles. The van der Waals surface area contributed by atoms with Crippen LogP contribution < -0.4 is 10.0 Å². The van der Waals surface area contributed by atoms with E-state index in [2.05, 4.69) is 20.0 Å². The van der Waals surface area contributed by atoms with Crippen molar-refractivity contribution in [3.8, 4) is 0 Å². The van der Waals surface area contributed by atoms with Gasteiger partial charge in [0.1, 0.15) is 0 Å². The SMILES string of the molecule is O=S(=O)(N[C@@H]1CCNC1)c1cnc[nH]1. The molecule has 2 heterocycles. The zero-order chi connectivity index (χ0) is 10.0. The van der Waals surface area contributed by atoms with Crippen LogP contribution in [-0.4, -0.2) is 37.5 Å². The molecule has 1 atom stereocenters. The number of sulfonamides is 1. The van der Waals surface area contributed by atoms with Crippen LogP contribution in [-0.2, 0) is 10.0 Å². The second-order valence-corrected chi connectivity index (χ2v) is 4.91. The van der Waals surface area contributed by atoms with Crippen molar-refractivity contribution in [1.82, 2.24) is 20.0 Å². The van der Waals surface area contributed by atoms with Crippen LogP contribution in [0.3, 0.4) is 0 Å². The van der Waals surface area contributed by atoms with Crippen LogP contribution in [0.1, 0.15) is 6.42 Å². The van der Waals surface area contributed by atoms with Gasteiger partial charge in [-0.3, -0.25) is 0 Å².